The maximum Gasteiger partial charge on any atom is 0.509 e. The van der Waals surface area contributed by atoms with Crippen molar-refractivity contribution < 1.29 is 47.6 Å². The maximum absolute atomic E-state index is 15.6. The Balaban J connectivity index is 1.70. The number of alkyl halides is 1. The third kappa shape index (κ3) is 4.44. The standard InChI is InChI=1S/C28H37FO9/c1-5-6-11-36-25(34)38-28(22(32)15-37-24(33)35-4)10-8-18-17-13-20(29)19-12-16(30)7-9-26(19,2)23(17)21(31)14-27(18,28)3/h7,9,12,17-18,20-21,23,31H,5-6,8,10-11,13-15H2,1-4H3/t17-,18-,20-,21?,23+,26-,27-,28-/m0/s1. The maximum atomic E-state index is 15.6. The summed E-state index contributed by atoms with van der Waals surface area (Å²) in [4.78, 5) is 50.1. The van der Waals surface area contributed by atoms with E-state index in [0.29, 0.717) is 18.4 Å². The van der Waals surface area contributed by atoms with E-state index < -0.39 is 59.3 Å². The van der Waals surface area contributed by atoms with Gasteiger partial charge in [0.15, 0.2) is 18.0 Å². The van der Waals surface area contributed by atoms with E-state index in [-0.39, 0.29) is 43.5 Å². The molecular weight excluding hydrogens is 499 g/mol. The van der Waals surface area contributed by atoms with E-state index in [4.69, 9.17) is 14.2 Å². The fourth-order valence-corrected chi connectivity index (χ4v) is 7.78. The zero-order valence-corrected chi connectivity index (χ0v) is 22.4. The summed E-state index contributed by atoms with van der Waals surface area (Å²) in [6, 6.07) is 0. The average molecular weight is 537 g/mol. The summed E-state index contributed by atoms with van der Waals surface area (Å²) in [5.74, 6) is -1.95. The third-order valence-corrected chi connectivity index (χ3v) is 9.51. The lowest BCUT2D eigenvalue weighted by Crippen LogP contribution is -2.64. The van der Waals surface area contributed by atoms with Gasteiger partial charge in [-0.05, 0) is 61.7 Å². The first-order valence-electron chi connectivity index (χ1n) is 13.3. The van der Waals surface area contributed by atoms with Crippen LogP contribution in [0.15, 0.2) is 23.8 Å². The summed E-state index contributed by atoms with van der Waals surface area (Å²) in [6.07, 6.45) is 2.13. The Morgan fingerprint density at radius 2 is 1.92 bits per heavy atom. The Morgan fingerprint density at radius 1 is 1.18 bits per heavy atom. The molecule has 4 rings (SSSR count). The van der Waals surface area contributed by atoms with Crippen molar-refractivity contribution in [1.29, 1.82) is 0 Å². The lowest BCUT2D eigenvalue weighted by atomic mass is 9.46. The normalized spacial score (nSPS) is 39.3. The van der Waals surface area contributed by atoms with Gasteiger partial charge in [0.05, 0.1) is 19.8 Å². The number of unbranched alkanes of at least 4 members (excludes halogenated alkanes) is 1. The van der Waals surface area contributed by atoms with Gasteiger partial charge in [-0.15, -0.1) is 0 Å². The average Bonchev–Trinajstić information content (AvgIpc) is 3.15. The molecule has 1 unspecified atom stereocenters. The molecule has 0 bridgehead atoms. The van der Waals surface area contributed by atoms with Gasteiger partial charge in [-0.25, -0.2) is 14.0 Å². The van der Waals surface area contributed by atoms with Crippen molar-refractivity contribution in [3.63, 3.8) is 0 Å². The highest BCUT2D eigenvalue weighted by Gasteiger charge is 2.71. The first-order valence-corrected chi connectivity index (χ1v) is 13.3. The van der Waals surface area contributed by atoms with Crippen LogP contribution in [0.4, 0.5) is 14.0 Å². The number of allylic oxidation sites excluding steroid dienone is 4. The fraction of sp³-hybridized carbons (Fsp3) is 0.714. The number of carbonyl (C=O) groups excluding carboxylic acids is 4. The molecule has 1 N–H and O–H groups in total. The van der Waals surface area contributed by atoms with Crippen LogP contribution >= 0.6 is 0 Å². The molecule has 0 aliphatic heterocycles. The van der Waals surface area contributed by atoms with E-state index >= 15 is 4.39 Å². The van der Waals surface area contributed by atoms with Crippen molar-refractivity contribution >= 4 is 23.9 Å². The van der Waals surface area contributed by atoms with Crippen LogP contribution in [0.2, 0.25) is 0 Å². The lowest BCUT2D eigenvalue weighted by Gasteiger charge is -2.60. The third-order valence-electron chi connectivity index (χ3n) is 9.51. The number of Topliss-reactive ketones (excluding diaryl/α,β-unsaturated/α-hetero) is 1. The van der Waals surface area contributed by atoms with Gasteiger partial charge in [0.2, 0.25) is 5.78 Å². The Kier molecular flexibility index (Phi) is 7.76. The van der Waals surface area contributed by atoms with Gasteiger partial charge in [-0.2, -0.15) is 0 Å². The van der Waals surface area contributed by atoms with Crippen LogP contribution in [0.5, 0.6) is 0 Å². The quantitative estimate of drug-likeness (QED) is 0.375. The summed E-state index contributed by atoms with van der Waals surface area (Å²) in [5, 5.41) is 11.6. The second kappa shape index (κ2) is 10.4. The molecule has 0 heterocycles. The molecule has 0 spiro atoms. The minimum absolute atomic E-state index is 0.0778. The number of ether oxygens (including phenoxy) is 4. The lowest BCUT2D eigenvalue weighted by molar-refractivity contribution is -0.186. The first kappa shape index (κ1) is 28.3. The van der Waals surface area contributed by atoms with Gasteiger partial charge >= 0.3 is 12.3 Å². The minimum atomic E-state index is -1.75. The molecule has 0 aromatic carbocycles. The van der Waals surface area contributed by atoms with Crippen molar-refractivity contribution in [3.05, 3.63) is 23.8 Å². The minimum Gasteiger partial charge on any atom is -0.438 e. The number of halogens is 1. The summed E-state index contributed by atoms with van der Waals surface area (Å²) >= 11 is 0. The number of fused-ring (bicyclic) bond motifs is 5. The molecule has 38 heavy (non-hydrogen) atoms. The molecule has 3 saturated carbocycles. The van der Waals surface area contributed by atoms with E-state index in [0.717, 1.165) is 13.5 Å². The highest BCUT2D eigenvalue weighted by molar-refractivity contribution is 6.01. The molecule has 210 valence electrons. The number of rotatable bonds is 7. The Morgan fingerprint density at radius 3 is 2.61 bits per heavy atom. The smallest absolute Gasteiger partial charge is 0.438 e. The van der Waals surface area contributed by atoms with Gasteiger partial charge < -0.3 is 24.1 Å². The summed E-state index contributed by atoms with van der Waals surface area (Å²) in [6.45, 7) is 4.99. The van der Waals surface area contributed by atoms with Crippen molar-refractivity contribution in [2.45, 2.75) is 77.2 Å². The molecular formula is C28H37FO9. The number of aliphatic hydroxyl groups excluding tert-OH is 1. The summed E-state index contributed by atoms with van der Waals surface area (Å²) in [5.41, 5.74) is -3.32. The highest BCUT2D eigenvalue weighted by atomic mass is 19.1. The zero-order chi connectivity index (χ0) is 27.9. The van der Waals surface area contributed by atoms with Crippen LogP contribution in [0, 0.1) is 28.6 Å². The second-order valence-electron chi connectivity index (χ2n) is 11.4. The highest BCUT2D eigenvalue weighted by Crippen LogP contribution is 2.68. The van der Waals surface area contributed by atoms with Crippen molar-refractivity contribution in [2.75, 3.05) is 20.3 Å². The van der Waals surface area contributed by atoms with E-state index in [1.165, 1.54) is 12.2 Å². The monoisotopic (exact) mass is 536 g/mol. The molecule has 0 radical (unpaired) electrons. The van der Waals surface area contributed by atoms with Gasteiger partial charge in [-0.3, -0.25) is 9.59 Å². The number of ketones is 2. The summed E-state index contributed by atoms with van der Waals surface area (Å²) < 4.78 is 36.1. The number of carbonyl (C=O) groups is 4. The molecule has 0 aromatic rings. The largest absolute Gasteiger partial charge is 0.509 e. The van der Waals surface area contributed by atoms with Gasteiger partial charge in [-0.1, -0.05) is 33.3 Å². The van der Waals surface area contributed by atoms with Gasteiger partial charge in [0.1, 0.15) is 6.17 Å². The van der Waals surface area contributed by atoms with Crippen LogP contribution in [0.3, 0.4) is 0 Å². The molecule has 0 amide bonds. The van der Waals surface area contributed by atoms with Crippen LogP contribution in [-0.2, 0) is 28.5 Å². The van der Waals surface area contributed by atoms with Crippen LogP contribution in [0.25, 0.3) is 0 Å². The zero-order valence-electron chi connectivity index (χ0n) is 22.4. The molecule has 0 saturated heterocycles. The van der Waals surface area contributed by atoms with E-state index in [2.05, 4.69) is 4.74 Å². The number of hydrogen-bond donors (Lipinski definition) is 1. The molecule has 9 nitrogen and oxygen atoms in total. The van der Waals surface area contributed by atoms with Crippen molar-refractivity contribution in [1.82, 2.24) is 0 Å². The van der Waals surface area contributed by atoms with E-state index in [9.17, 15) is 24.3 Å². The van der Waals surface area contributed by atoms with Crippen LogP contribution in [0.1, 0.15) is 59.3 Å². The predicted molar refractivity (Wildman–Crippen MR) is 132 cm³/mol. The topological polar surface area (TPSA) is 125 Å². The molecule has 0 aromatic heterocycles. The SMILES string of the molecule is CCCCOC(=O)O[C@]1(C(=O)COC(=O)OC)CC[C@H]2[C@@H]3C[C@H](F)C4=CC(=O)C=C[C@]4(C)[C@H]3C(O)C[C@@]21C. The molecule has 3 fully saturated rings. The number of methoxy groups -OCH3 is 1. The van der Waals surface area contributed by atoms with E-state index in [1.54, 1.807) is 13.0 Å². The second-order valence-corrected chi connectivity index (χ2v) is 11.4. The Hall–Kier alpha value is -2.75. The number of hydrogen-bond acceptors (Lipinski definition) is 9. The van der Waals surface area contributed by atoms with Gasteiger partial charge in [0, 0.05) is 16.7 Å². The molecule has 4 aliphatic rings. The molecule has 10 heteroatoms. The molecule has 4 aliphatic carbocycles. The Bertz CT molecular complexity index is 1050. The first-order chi connectivity index (χ1) is 17.9. The van der Waals surface area contributed by atoms with E-state index in [1.807, 2.05) is 13.8 Å². The van der Waals surface area contributed by atoms with Crippen molar-refractivity contribution in [2.24, 2.45) is 28.6 Å². The number of aliphatic hydroxyl groups is 1. The fourth-order valence-electron chi connectivity index (χ4n) is 7.78. The predicted octanol–water partition coefficient (Wildman–Crippen LogP) is 4.26. The Labute approximate surface area is 221 Å². The van der Waals surface area contributed by atoms with Crippen molar-refractivity contribution in [3.8, 4) is 0 Å². The van der Waals surface area contributed by atoms with Crippen LogP contribution in [-0.4, -0.2) is 67.2 Å². The van der Waals surface area contributed by atoms with Gasteiger partial charge in [0.25, 0.3) is 0 Å². The summed E-state index contributed by atoms with van der Waals surface area (Å²) in [7, 11) is 1.11. The molecule has 8 atom stereocenters. The van der Waals surface area contributed by atoms with Crippen LogP contribution < -0.4 is 0 Å².